The number of benzene rings is 2. The molecule has 1 fully saturated rings. The van der Waals surface area contributed by atoms with E-state index >= 15 is 0 Å². The van der Waals surface area contributed by atoms with Gasteiger partial charge in [-0.2, -0.15) is 0 Å². The fourth-order valence-electron chi connectivity index (χ4n) is 2.89. The second-order valence-corrected chi connectivity index (χ2v) is 8.45. The number of hydrogen-bond donors (Lipinski definition) is 1. The first-order valence-electron chi connectivity index (χ1n) is 8.22. The molecule has 0 unspecified atom stereocenters. The number of rotatable bonds is 6. The van der Waals surface area contributed by atoms with E-state index in [1.807, 2.05) is 0 Å². The van der Waals surface area contributed by atoms with Crippen LogP contribution in [0.15, 0.2) is 41.3 Å². The van der Waals surface area contributed by atoms with Gasteiger partial charge in [-0.25, -0.2) is 8.42 Å². The average molecular weight is 416 g/mol. The molecule has 3 rings (SSSR count). The molecule has 1 saturated carbocycles. The van der Waals surface area contributed by atoms with Gasteiger partial charge in [0.2, 0.25) is 0 Å². The normalized spacial score (nSPS) is 15.0. The van der Waals surface area contributed by atoms with E-state index in [4.69, 9.17) is 32.7 Å². The fraction of sp³-hybridized carbons (Fsp3) is 0.333. The second kappa shape index (κ2) is 7.94. The van der Waals surface area contributed by atoms with Gasteiger partial charge in [0, 0.05) is 5.69 Å². The Morgan fingerprint density at radius 3 is 2.27 bits per heavy atom. The largest absolute Gasteiger partial charge is 0.495 e. The zero-order valence-corrected chi connectivity index (χ0v) is 16.5. The second-order valence-electron chi connectivity index (χ2n) is 6.05. The summed E-state index contributed by atoms with van der Waals surface area (Å²) in [6, 6.07) is 9.62. The van der Waals surface area contributed by atoms with Gasteiger partial charge in [-0.15, -0.1) is 0 Å². The summed E-state index contributed by atoms with van der Waals surface area (Å²) in [6.07, 6.45) is 4.75. The third kappa shape index (κ3) is 4.19. The van der Waals surface area contributed by atoms with Gasteiger partial charge in [0.25, 0.3) is 10.0 Å². The molecular weight excluding hydrogens is 397 g/mol. The van der Waals surface area contributed by atoms with E-state index in [-0.39, 0.29) is 21.0 Å². The predicted molar refractivity (Wildman–Crippen MR) is 103 cm³/mol. The Bertz CT molecular complexity index is 879. The van der Waals surface area contributed by atoms with Gasteiger partial charge in [0.1, 0.15) is 21.4 Å². The highest BCUT2D eigenvalue weighted by Gasteiger charge is 2.22. The molecule has 140 valence electrons. The molecule has 0 aliphatic heterocycles. The Labute approximate surface area is 163 Å². The van der Waals surface area contributed by atoms with Gasteiger partial charge in [0.05, 0.1) is 18.2 Å². The SMILES string of the molecule is COc1ccc(S(=O)(=O)Nc2ccc(OC3CCCC3)cc2)c(Cl)c1Cl. The van der Waals surface area contributed by atoms with Crippen molar-refractivity contribution in [2.75, 3.05) is 11.8 Å². The van der Waals surface area contributed by atoms with Crippen molar-refractivity contribution in [3.63, 3.8) is 0 Å². The fourth-order valence-corrected chi connectivity index (χ4v) is 4.79. The average Bonchev–Trinajstić information content (AvgIpc) is 3.11. The molecule has 0 bridgehead atoms. The molecule has 26 heavy (non-hydrogen) atoms. The van der Waals surface area contributed by atoms with Crippen LogP contribution in [0.25, 0.3) is 0 Å². The highest BCUT2D eigenvalue weighted by atomic mass is 35.5. The summed E-state index contributed by atoms with van der Waals surface area (Å²) in [7, 11) is -2.46. The summed E-state index contributed by atoms with van der Waals surface area (Å²) in [6.45, 7) is 0. The quantitative estimate of drug-likeness (QED) is 0.710. The molecule has 0 spiro atoms. The zero-order chi connectivity index (χ0) is 18.7. The lowest BCUT2D eigenvalue weighted by atomic mass is 10.3. The smallest absolute Gasteiger partial charge is 0.263 e. The third-order valence-electron chi connectivity index (χ3n) is 4.23. The zero-order valence-electron chi connectivity index (χ0n) is 14.2. The van der Waals surface area contributed by atoms with Gasteiger partial charge in [0.15, 0.2) is 0 Å². The molecule has 0 radical (unpaired) electrons. The molecule has 2 aromatic rings. The van der Waals surface area contributed by atoms with Crippen molar-refractivity contribution in [1.29, 1.82) is 0 Å². The lowest BCUT2D eigenvalue weighted by molar-refractivity contribution is 0.210. The molecule has 0 heterocycles. The minimum atomic E-state index is -3.89. The van der Waals surface area contributed by atoms with E-state index in [1.54, 1.807) is 24.3 Å². The van der Waals surface area contributed by atoms with Crippen LogP contribution in [0, 0.1) is 0 Å². The first kappa shape index (κ1) is 19.1. The summed E-state index contributed by atoms with van der Waals surface area (Å²) in [5.74, 6) is 1.04. The Hall–Kier alpha value is -1.63. The van der Waals surface area contributed by atoms with E-state index in [2.05, 4.69) is 4.72 Å². The predicted octanol–water partition coefficient (Wildman–Crippen LogP) is 5.12. The molecule has 0 amide bonds. The highest BCUT2D eigenvalue weighted by Crippen LogP contribution is 2.37. The number of anilines is 1. The maximum atomic E-state index is 12.6. The first-order valence-corrected chi connectivity index (χ1v) is 10.5. The molecule has 8 heteroatoms. The molecule has 0 atom stereocenters. The number of halogens is 2. The van der Waals surface area contributed by atoms with E-state index in [0.717, 1.165) is 18.6 Å². The van der Waals surface area contributed by atoms with Crippen molar-refractivity contribution in [2.45, 2.75) is 36.7 Å². The van der Waals surface area contributed by atoms with Gasteiger partial charge in [-0.1, -0.05) is 23.2 Å². The number of hydrogen-bond acceptors (Lipinski definition) is 4. The highest BCUT2D eigenvalue weighted by molar-refractivity contribution is 7.92. The van der Waals surface area contributed by atoms with Gasteiger partial charge < -0.3 is 9.47 Å². The molecule has 5 nitrogen and oxygen atoms in total. The van der Waals surface area contributed by atoms with E-state index < -0.39 is 10.0 Å². The van der Waals surface area contributed by atoms with Crippen LogP contribution in [0.2, 0.25) is 10.0 Å². The first-order chi connectivity index (χ1) is 12.4. The molecule has 0 saturated heterocycles. The lowest BCUT2D eigenvalue weighted by Crippen LogP contribution is -2.14. The standard InChI is InChI=1S/C18H19Cl2NO4S/c1-24-15-10-11-16(18(20)17(15)19)26(22,23)21-12-6-8-14(9-7-12)25-13-4-2-3-5-13/h6-11,13,21H,2-5H2,1H3. The molecule has 1 aliphatic carbocycles. The van der Waals surface area contributed by atoms with Crippen LogP contribution >= 0.6 is 23.2 Å². The van der Waals surface area contributed by atoms with Crippen molar-refractivity contribution in [3.8, 4) is 11.5 Å². The lowest BCUT2D eigenvalue weighted by Gasteiger charge is -2.14. The Balaban J connectivity index is 1.76. The summed E-state index contributed by atoms with van der Waals surface area (Å²) in [4.78, 5) is -0.115. The molecule has 1 aliphatic rings. The van der Waals surface area contributed by atoms with Crippen LogP contribution < -0.4 is 14.2 Å². The number of nitrogens with one attached hydrogen (secondary N) is 1. The monoisotopic (exact) mass is 415 g/mol. The van der Waals surface area contributed by atoms with Crippen LogP contribution in [-0.2, 0) is 10.0 Å². The summed E-state index contributed by atoms with van der Waals surface area (Å²) < 4.78 is 38.6. The summed E-state index contributed by atoms with van der Waals surface area (Å²) in [5.41, 5.74) is 0.409. The summed E-state index contributed by atoms with van der Waals surface area (Å²) >= 11 is 12.1. The number of methoxy groups -OCH3 is 1. The number of sulfonamides is 1. The van der Waals surface area contributed by atoms with Crippen molar-refractivity contribution in [2.24, 2.45) is 0 Å². The van der Waals surface area contributed by atoms with Crippen LogP contribution in [-0.4, -0.2) is 21.6 Å². The minimum Gasteiger partial charge on any atom is -0.495 e. The van der Waals surface area contributed by atoms with Crippen LogP contribution in [0.3, 0.4) is 0 Å². The van der Waals surface area contributed by atoms with Crippen LogP contribution in [0.5, 0.6) is 11.5 Å². The third-order valence-corrected chi connectivity index (χ3v) is 6.63. The molecule has 0 aromatic heterocycles. The van der Waals surface area contributed by atoms with Crippen LogP contribution in [0.4, 0.5) is 5.69 Å². The van der Waals surface area contributed by atoms with Crippen molar-refractivity contribution in [1.82, 2.24) is 0 Å². The minimum absolute atomic E-state index is 0.0531. The number of ether oxygens (including phenoxy) is 2. The molecular formula is C18H19Cl2NO4S. The van der Waals surface area contributed by atoms with Crippen molar-refractivity contribution < 1.29 is 17.9 Å². The van der Waals surface area contributed by atoms with Gasteiger partial charge >= 0.3 is 0 Å². The van der Waals surface area contributed by atoms with Crippen molar-refractivity contribution >= 4 is 38.9 Å². The summed E-state index contributed by atoms with van der Waals surface area (Å²) in [5, 5.41) is -0.0305. The van der Waals surface area contributed by atoms with Gasteiger partial charge in [-0.3, -0.25) is 4.72 Å². The van der Waals surface area contributed by atoms with Gasteiger partial charge in [-0.05, 0) is 62.1 Å². The Morgan fingerprint density at radius 2 is 1.65 bits per heavy atom. The maximum Gasteiger partial charge on any atom is 0.263 e. The topological polar surface area (TPSA) is 64.6 Å². The molecule has 2 aromatic carbocycles. The Kier molecular flexibility index (Phi) is 5.85. The van der Waals surface area contributed by atoms with E-state index in [1.165, 1.54) is 32.1 Å². The van der Waals surface area contributed by atoms with Crippen molar-refractivity contribution in [3.05, 3.63) is 46.4 Å². The molecule has 1 N–H and O–H groups in total. The van der Waals surface area contributed by atoms with Crippen LogP contribution in [0.1, 0.15) is 25.7 Å². The Morgan fingerprint density at radius 1 is 1.00 bits per heavy atom. The van der Waals surface area contributed by atoms with E-state index in [0.29, 0.717) is 11.4 Å². The maximum absolute atomic E-state index is 12.6. The van der Waals surface area contributed by atoms with E-state index in [9.17, 15) is 8.42 Å².